The summed E-state index contributed by atoms with van der Waals surface area (Å²) >= 11 is 0. The van der Waals surface area contributed by atoms with E-state index in [1.54, 1.807) is 12.1 Å². The van der Waals surface area contributed by atoms with E-state index in [0.717, 1.165) is 11.4 Å². The first-order chi connectivity index (χ1) is 8.69. The number of pyridine rings is 1. The molecule has 1 aromatic carbocycles. The van der Waals surface area contributed by atoms with E-state index in [1.807, 2.05) is 30.1 Å². The Hall–Kier alpha value is -2.14. The van der Waals surface area contributed by atoms with Crippen LogP contribution in [-0.2, 0) is 6.54 Å². The summed E-state index contributed by atoms with van der Waals surface area (Å²) in [5.41, 5.74) is 3.39. The van der Waals surface area contributed by atoms with Crippen LogP contribution in [0, 0.1) is 5.82 Å². The van der Waals surface area contributed by atoms with Crippen LogP contribution in [0.2, 0.25) is 0 Å². The van der Waals surface area contributed by atoms with E-state index in [1.165, 1.54) is 12.1 Å². The van der Waals surface area contributed by atoms with Gasteiger partial charge in [-0.15, -0.1) is 0 Å². The summed E-state index contributed by atoms with van der Waals surface area (Å²) in [6.45, 7) is 0.582. The number of nitrogens with one attached hydrogen (secondary N) is 1. The van der Waals surface area contributed by atoms with Gasteiger partial charge in [0, 0.05) is 13.6 Å². The van der Waals surface area contributed by atoms with Crippen LogP contribution in [0.25, 0.3) is 0 Å². The van der Waals surface area contributed by atoms with Crippen LogP contribution in [-0.4, -0.2) is 12.0 Å². The number of anilines is 2. The number of nitrogens with two attached hydrogens (primary N) is 1. The quantitative estimate of drug-likeness (QED) is 0.641. The Morgan fingerprint density at radius 2 is 2.06 bits per heavy atom. The molecule has 18 heavy (non-hydrogen) atoms. The second-order valence-electron chi connectivity index (χ2n) is 4.01. The van der Waals surface area contributed by atoms with Gasteiger partial charge in [-0.25, -0.2) is 15.2 Å². The lowest BCUT2D eigenvalue weighted by Gasteiger charge is -2.18. The van der Waals surface area contributed by atoms with Crippen LogP contribution in [0.5, 0.6) is 0 Å². The Labute approximate surface area is 105 Å². The van der Waals surface area contributed by atoms with Crippen molar-refractivity contribution in [1.29, 1.82) is 0 Å². The number of hydrazine groups is 1. The molecule has 0 amide bonds. The average Bonchev–Trinajstić information content (AvgIpc) is 2.39. The fourth-order valence-electron chi connectivity index (χ4n) is 1.71. The third kappa shape index (κ3) is 2.95. The number of hydrogen-bond acceptors (Lipinski definition) is 4. The van der Waals surface area contributed by atoms with Gasteiger partial charge in [0.25, 0.3) is 0 Å². The molecule has 2 aromatic rings. The van der Waals surface area contributed by atoms with E-state index in [4.69, 9.17) is 5.84 Å². The number of halogens is 1. The maximum atomic E-state index is 13.1. The van der Waals surface area contributed by atoms with Crippen LogP contribution in [0.3, 0.4) is 0 Å². The van der Waals surface area contributed by atoms with Crippen LogP contribution in [0.1, 0.15) is 5.56 Å². The zero-order valence-corrected chi connectivity index (χ0v) is 10.1. The highest BCUT2D eigenvalue weighted by Gasteiger charge is 2.05. The molecule has 0 saturated heterocycles. The van der Waals surface area contributed by atoms with Crippen molar-refractivity contribution in [1.82, 2.24) is 4.98 Å². The first-order valence-corrected chi connectivity index (χ1v) is 5.58. The Morgan fingerprint density at radius 3 is 2.78 bits per heavy atom. The molecule has 5 heteroatoms. The first kappa shape index (κ1) is 12.3. The van der Waals surface area contributed by atoms with E-state index in [9.17, 15) is 4.39 Å². The van der Waals surface area contributed by atoms with E-state index in [2.05, 4.69) is 10.4 Å². The van der Waals surface area contributed by atoms with Crippen LogP contribution >= 0.6 is 0 Å². The molecular weight excluding hydrogens is 231 g/mol. The van der Waals surface area contributed by atoms with Gasteiger partial charge in [-0.1, -0.05) is 18.2 Å². The SMILES string of the molecule is CN(Cc1cccc(F)c1)c1cccc(NN)n1. The van der Waals surface area contributed by atoms with Gasteiger partial charge in [-0.2, -0.15) is 0 Å². The topological polar surface area (TPSA) is 54.2 Å². The van der Waals surface area contributed by atoms with Crippen molar-refractivity contribution in [2.75, 3.05) is 17.4 Å². The standard InChI is InChI=1S/C13H15FN4/c1-18(9-10-4-2-5-11(14)8-10)13-7-3-6-12(16-13)17-15/h2-8H,9,15H2,1H3,(H,16,17). The van der Waals surface area contributed by atoms with Gasteiger partial charge in [-0.05, 0) is 29.8 Å². The molecule has 0 radical (unpaired) electrons. The smallest absolute Gasteiger partial charge is 0.142 e. The largest absolute Gasteiger partial charge is 0.355 e. The fourth-order valence-corrected chi connectivity index (χ4v) is 1.71. The Bertz CT molecular complexity index is 530. The predicted octanol–water partition coefficient (Wildman–Crippen LogP) is 2.14. The molecule has 0 unspecified atom stereocenters. The molecule has 0 bridgehead atoms. The highest BCUT2D eigenvalue weighted by atomic mass is 19.1. The monoisotopic (exact) mass is 246 g/mol. The van der Waals surface area contributed by atoms with Crippen molar-refractivity contribution in [3.8, 4) is 0 Å². The Morgan fingerprint density at radius 1 is 1.28 bits per heavy atom. The zero-order valence-electron chi connectivity index (χ0n) is 10.1. The molecule has 0 aliphatic carbocycles. The Balaban J connectivity index is 2.13. The van der Waals surface area contributed by atoms with Crippen LogP contribution in [0.4, 0.5) is 16.0 Å². The highest BCUT2D eigenvalue weighted by molar-refractivity contribution is 5.46. The summed E-state index contributed by atoms with van der Waals surface area (Å²) in [6, 6.07) is 12.0. The molecule has 0 fully saturated rings. The van der Waals surface area contributed by atoms with Crippen molar-refractivity contribution in [3.05, 3.63) is 53.8 Å². The lowest BCUT2D eigenvalue weighted by Crippen LogP contribution is -2.18. The van der Waals surface area contributed by atoms with Gasteiger partial charge < -0.3 is 10.3 Å². The van der Waals surface area contributed by atoms with Crippen LogP contribution < -0.4 is 16.2 Å². The minimum absolute atomic E-state index is 0.230. The zero-order chi connectivity index (χ0) is 13.0. The number of aromatic nitrogens is 1. The van der Waals surface area contributed by atoms with E-state index in [0.29, 0.717) is 12.4 Å². The maximum Gasteiger partial charge on any atom is 0.142 e. The lowest BCUT2D eigenvalue weighted by atomic mass is 10.2. The van der Waals surface area contributed by atoms with Gasteiger partial charge in [0.2, 0.25) is 0 Å². The van der Waals surface area contributed by atoms with E-state index in [-0.39, 0.29) is 5.82 Å². The van der Waals surface area contributed by atoms with Gasteiger partial charge in [0.1, 0.15) is 17.5 Å². The van der Waals surface area contributed by atoms with E-state index < -0.39 is 0 Å². The molecule has 94 valence electrons. The highest BCUT2D eigenvalue weighted by Crippen LogP contribution is 2.15. The molecule has 1 aromatic heterocycles. The summed E-state index contributed by atoms with van der Waals surface area (Å²) in [6.07, 6.45) is 0. The summed E-state index contributed by atoms with van der Waals surface area (Å²) in [7, 11) is 1.90. The average molecular weight is 246 g/mol. The molecule has 4 nitrogen and oxygen atoms in total. The van der Waals surface area contributed by atoms with Gasteiger partial charge >= 0.3 is 0 Å². The molecule has 0 aliphatic heterocycles. The van der Waals surface area contributed by atoms with Gasteiger partial charge in [0.15, 0.2) is 0 Å². The molecule has 2 rings (SSSR count). The second-order valence-corrected chi connectivity index (χ2v) is 4.01. The Kier molecular flexibility index (Phi) is 3.74. The predicted molar refractivity (Wildman–Crippen MR) is 70.6 cm³/mol. The molecular formula is C13H15FN4. The number of nitrogens with zero attached hydrogens (tertiary/aromatic N) is 2. The first-order valence-electron chi connectivity index (χ1n) is 5.58. The maximum absolute atomic E-state index is 13.1. The third-order valence-corrected chi connectivity index (χ3v) is 2.58. The number of hydrogen-bond donors (Lipinski definition) is 2. The minimum Gasteiger partial charge on any atom is -0.355 e. The summed E-state index contributed by atoms with van der Waals surface area (Å²) < 4.78 is 13.1. The molecule has 0 aliphatic rings. The molecule has 3 N–H and O–H groups in total. The fraction of sp³-hybridized carbons (Fsp3) is 0.154. The van der Waals surface area contributed by atoms with Gasteiger partial charge in [-0.3, -0.25) is 0 Å². The van der Waals surface area contributed by atoms with E-state index >= 15 is 0 Å². The number of nitrogen functional groups attached to an aromatic ring is 1. The molecule has 0 saturated carbocycles. The molecule has 1 heterocycles. The van der Waals surface area contributed by atoms with Crippen molar-refractivity contribution in [3.63, 3.8) is 0 Å². The lowest BCUT2D eigenvalue weighted by molar-refractivity contribution is 0.625. The molecule has 0 spiro atoms. The summed E-state index contributed by atoms with van der Waals surface area (Å²) in [5.74, 6) is 6.45. The summed E-state index contributed by atoms with van der Waals surface area (Å²) in [4.78, 5) is 6.23. The third-order valence-electron chi connectivity index (χ3n) is 2.58. The minimum atomic E-state index is -0.230. The van der Waals surface area contributed by atoms with Crippen molar-refractivity contribution in [2.24, 2.45) is 5.84 Å². The van der Waals surface area contributed by atoms with Gasteiger partial charge in [0.05, 0.1) is 0 Å². The van der Waals surface area contributed by atoms with Crippen molar-refractivity contribution >= 4 is 11.6 Å². The van der Waals surface area contributed by atoms with Crippen molar-refractivity contribution < 1.29 is 4.39 Å². The number of rotatable bonds is 4. The normalized spacial score (nSPS) is 10.2. The second kappa shape index (κ2) is 5.46. The van der Waals surface area contributed by atoms with Crippen molar-refractivity contribution in [2.45, 2.75) is 6.54 Å². The number of benzene rings is 1. The van der Waals surface area contributed by atoms with Crippen LogP contribution in [0.15, 0.2) is 42.5 Å². The summed E-state index contributed by atoms with van der Waals surface area (Å²) in [5, 5.41) is 0. The molecule has 0 atom stereocenters.